The summed E-state index contributed by atoms with van der Waals surface area (Å²) in [5.74, 6) is 0. The van der Waals surface area contributed by atoms with E-state index in [0.29, 0.717) is 11.3 Å². The third kappa shape index (κ3) is 4.51. The Morgan fingerprint density at radius 2 is 0.927 bits per heavy atom. The molecule has 0 aliphatic heterocycles. The Bertz CT molecular complexity index is 3400. The lowest BCUT2D eigenvalue weighted by molar-refractivity contribution is 1.15. The molecule has 5 heteroatoms. The third-order valence-corrected chi connectivity index (χ3v) is 11.1. The summed E-state index contributed by atoms with van der Waals surface area (Å²) >= 11 is 0. The van der Waals surface area contributed by atoms with Gasteiger partial charge < -0.3 is 13.7 Å². The van der Waals surface area contributed by atoms with Gasteiger partial charge >= 0.3 is 0 Å². The first-order chi connectivity index (χ1) is 27.2. The normalized spacial score (nSPS) is 11.6. The molecule has 5 nitrogen and oxygen atoms in total. The van der Waals surface area contributed by atoms with E-state index in [9.17, 15) is 5.26 Å². The Morgan fingerprint density at radius 3 is 1.53 bits per heavy atom. The molecule has 0 saturated carbocycles. The average Bonchev–Trinajstić information content (AvgIpc) is 3.88. The number of nitrogens with zero attached hydrogens (tertiary/aromatic N) is 5. The minimum Gasteiger partial charge on any atom is -0.309 e. The summed E-state index contributed by atoms with van der Waals surface area (Å²) in [7, 11) is 0. The number of aromatic nitrogens is 3. The SMILES string of the molecule is [C-]#[N+]c1ccc2c(c1)c1ccccc1n2-c1ccc(-c2cc(C#N)ccc2-n2c3ccccc3c3ccc(-n4c5ccccc5c5ccccc54)cc32)cc1. The van der Waals surface area contributed by atoms with Crippen LogP contribution in [0.5, 0.6) is 0 Å². The molecule has 0 N–H and O–H groups in total. The first-order valence-electron chi connectivity index (χ1n) is 18.3. The van der Waals surface area contributed by atoms with Gasteiger partial charge in [0.05, 0.1) is 57.0 Å². The van der Waals surface area contributed by atoms with E-state index in [0.717, 1.165) is 61.0 Å². The molecule has 11 aromatic rings. The molecule has 0 unspecified atom stereocenters. The fourth-order valence-corrected chi connectivity index (χ4v) is 8.69. The molecule has 8 aromatic carbocycles. The number of hydrogen-bond acceptors (Lipinski definition) is 1. The van der Waals surface area contributed by atoms with Crippen LogP contribution >= 0.6 is 0 Å². The van der Waals surface area contributed by atoms with E-state index >= 15 is 0 Å². The second kappa shape index (κ2) is 11.8. The molecular formula is C50H29N5. The minimum absolute atomic E-state index is 0.604. The lowest BCUT2D eigenvalue weighted by Crippen LogP contribution is -2.00. The zero-order valence-corrected chi connectivity index (χ0v) is 29.5. The van der Waals surface area contributed by atoms with E-state index in [1.165, 1.54) is 32.6 Å². The van der Waals surface area contributed by atoms with Crippen LogP contribution in [0.3, 0.4) is 0 Å². The van der Waals surface area contributed by atoms with Crippen molar-refractivity contribution in [3.05, 3.63) is 193 Å². The largest absolute Gasteiger partial charge is 0.309 e. The highest BCUT2D eigenvalue weighted by Gasteiger charge is 2.19. The molecule has 0 spiro atoms. The predicted octanol–water partition coefficient (Wildman–Crippen LogP) is 13.1. The van der Waals surface area contributed by atoms with Crippen LogP contribution in [0.4, 0.5) is 5.69 Å². The van der Waals surface area contributed by atoms with Crippen molar-refractivity contribution in [2.75, 3.05) is 0 Å². The van der Waals surface area contributed by atoms with Gasteiger partial charge in [-0.2, -0.15) is 5.26 Å². The van der Waals surface area contributed by atoms with Crippen molar-refractivity contribution in [1.29, 1.82) is 5.26 Å². The van der Waals surface area contributed by atoms with Gasteiger partial charge in [-0.1, -0.05) is 97.1 Å². The first-order valence-corrected chi connectivity index (χ1v) is 18.3. The summed E-state index contributed by atoms with van der Waals surface area (Å²) in [6, 6.07) is 63.8. The molecule has 0 saturated heterocycles. The summed E-state index contributed by atoms with van der Waals surface area (Å²) in [4.78, 5) is 3.69. The summed E-state index contributed by atoms with van der Waals surface area (Å²) in [5, 5.41) is 17.1. The quantitative estimate of drug-likeness (QED) is 0.169. The van der Waals surface area contributed by atoms with Crippen LogP contribution in [-0.4, -0.2) is 13.7 Å². The van der Waals surface area contributed by atoms with E-state index in [1.54, 1.807) is 0 Å². The monoisotopic (exact) mass is 699 g/mol. The van der Waals surface area contributed by atoms with Gasteiger partial charge in [-0.25, -0.2) is 4.85 Å². The molecule has 254 valence electrons. The Morgan fingerprint density at radius 1 is 0.418 bits per heavy atom. The van der Waals surface area contributed by atoms with E-state index in [-0.39, 0.29) is 0 Å². The van der Waals surface area contributed by atoms with Gasteiger partial charge in [0.15, 0.2) is 5.69 Å². The summed E-state index contributed by atoms with van der Waals surface area (Å²) in [5.41, 5.74) is 13.0. The molecule has 11 rings (SSSR count). The van der Waals surface area contributed by atoms with E-state index in [1.807, 2.05) is 36.4 Å². The number of nitriles is 1. The Labute approximate surface area is 316 Å². The maximum absolute atomic E-state index is 10.1. The van der Waals surface area contributed by atoms with Crippen molar-refractivity contribution in [1.82, 2.24) is 13.7 Å². The molecule has 3 aromatic heterocycles. The Kier molecular flexibility index (Phi) is 6.61. The smallest absolute Gasteiger partial charge is 0.188 e. The summed E-state index contributed by atoms with van der Waals surface area (Å²) in [6.07, 6.45) is 0. The zero-order valence-electron chi connectivity index (χ0n) is 29.5. The first kappa shape index (κ1) is 30.7. The second-order valence-corrected chi connectivity index (χ2v) is 14.0. The number of benzene rings is 8. The lowest BCUT2D eigenvalue weighted by atomic mass is 10.00. The maximum Gasteiger partial charge on any atom is 0.188 e. The Balaban J connectivity index is 1.13. The van der Waals surface area contributed by atoms with Gasteiger partial charge in [-0.15, -0.1) is 0 Å². The molecule has 0 fully saturated rings. The summed E-state index contributed by atoms with van der Waals surface area (Å²) in [6.45, 7) is 7.59. The number of rotatable bonds is 4. The molecule has 0 aliphatic rings. The van der Waals surface area contributed by atoms with Crippen LogP contribution in [0.2, 0.25) is 0 Å². The molecular weight excluding hydrogens is 671 g/mol. The van der Waals surface area contributed by atoms with Crippen LogP contribution in [-0.2, 0) is 0 Å². The van der Waals surface area contributed by atoms with Crippen molar-refractivity contribution in [3.63, 3.8) is 0 Å². The van der Waals surface area contributed by atoms with Gasteiger partial charge in [0, 0.05) is 43.9 Å². The van der Waals surface area contributed by atoms with Crippen molar-refractivity contribution in [3.8, 4) is 34.3 Å². The van der Waals surface area contributed by atoms with Crippen LogP contribution in [0.1, 0.15) is 5.56 Å². The molecule has 0 radical (unpaired) electrons. The fraction of sp³-hybridized carbons (Fsp3) is 0. The topological polar surface area (TPSA) is 42.9 Å². The van der Waals surface area contributed by atoms with Crippen LogP contribution < -0.4 is 0 Å². The van der Waals surface area contributed by atoms with Crippen molar-refractivity contribution >= 4 is 71.1 Å². The second-order valence-electron chi connectivity index (χ2n) is 14.0. The molecule has 3 heterocycles. The standard InChI is InChI=1S/C50H29N5/c1-52-34-21-27-49-43(29-34)40-13-5-8-16-46(40)53(49)35-22-19-33(20-23-35)42-28-32(31-51)18-26-48(42)55-47-17-9-4-12-39(47)41-25-24-36(30-50(41)55)54-44-14-6-2-10-37(44)38-11-3-7-15-45(38)54/h2-30H. The van der Waals surface area contributed by atoms with Gasteiger partial charge in [-0.3, -0.25) is 0 Å². The molecule has 55 heavy (non-hydrogen) atoms. The van der Waals surface area contributed by atoms with Crippen molar-refractivity contribution < 1.29 is 0 Å². The predicted molar refractivity (Wildman–Crippen MR) is 226 cm³/mol. The highest BCUT2D eigenvalue weighted by atomic mass is 15.0. The Hall–Kier alpha value is -7.86. The van der Waals surface area contributed by atoms with Crippen LogP contribution in [0.15, 0.2) is 176 Å². The number of para-hydroxylation sites is 4. The maximum atomic E-state index is 10.1. The van der Waals surface area contributed by atoms with E-state index in [4.69, 9.17) is 6.57 Å². The van der Waals surface area contributed by atoms with Crippen molar-refractivity contribution in [2.45, 2.75) is 0 Å². The van der Waals surface area contributed by atoms with Gasteiger partial charge in [-0.05, 0) is 89.8 Å². The third-order valence-electron chi connectivity index (χ3n) is 11.1. The fourth-order valence-electron chi connectivity index (χ4n) is 8.69. The van der Waals surface area contributed by atoms with Crippen molar-refractivity contribution in [2.24, 2.45) is 0 Å². The zero-order chi connectivity index (χ0) is 36.6. The lowest BCUT2D eigenvalue weighted by Gasteiger charge is -2.16. The summed E-state index contributed by atoms with van der Waals surface area (Å²) < 4.78 is 6.98. The van der Waals surface area contributed by atoms with Crippen LogP contribution in [0.25, 0.3) is 98.5 Å². The van der Waals surface area contributed by atoms with Crippen LogP contribution in [0, 0.1) is 17.9 Å². The van der Waals surface area contributed by atoms with Gasteiger partial charge in [0.1, 0.15) is 0 Å². The number of fused-ring (bicyclic) bond motifs is 9. The molecule has 0 atom stereocenters. The highest BCUT2D eigenvalue weighted by Crippen LogP contribution is 2.40. The average molecular weight is 700 g/mol. The molecule has 0 aliphatic carbocycles. The van der Waals surface area contributed by atoms with E-state index in [2.05, 4.69) is 164 Å². The molecule has 0 amide bonds. The highest BCUT2D eigenvalue weighted by molar-refractivity contribution is 6.13. The molecule has 0 bridgehead atoms. The van der Waals surface area contributed by atoms with Gasteiger partial charge in [0.2, 0.25) is 0 Å². The number of hydrogen-bond donors (Lipinski definition) is 0. The van der Waals surface area contributed by atoms with Gasteiger partial charge in [0.25, 0.3) is 0 Å². The van der Waals surface area contributed by atoms with E-state index < -0.39 is 0 Å². The minimum atomic E-state index is 0.604.